The number of piperidine rings is 1. The average Bonchev–Trinajstić information content (AvgIpc) is 3.39. The Morgan fingerprint density at radius 1 is 1.16 bits per heavy atom. The highest BCUT2D eigenvalue weighted by Crippen LogP contribution is 2.39. The number of aromatic nitrogens is 3. The summed E-state index contributed by atoms with van der Waals surface area (Å²) < 4.78 is 0. The van der Waals surface area contributed by atoms with Crippen LogP contribution < -0.4 is 10.6 Å². The molecule has 2 aliphatic rings. The smallest absolute Gasteiger partial charge is 0.259 e. The van der Waals surface area contributed by atoms with Gasteiger partial charge in [0.2, 0.25) is 5.95 Å². The molecule has 2 aliphatic heterocycles. The summed E-state index contributed by atoms with van der Waals surface area (Å²) in [5.41, 5.74) is 7.90. The highest BCUT2D eigenvalue weighted by molar-refractivity contribution is 7.20. The monoisotopic (exact) mass is 436 g/mol. The minimum atomic E-state index is -0.354. The molecule has 31 heavy (non-hydrogen) atoms. The maximum atomic E-state index is 12.1. The number of carbonyl (C=O) groups is 1. The summed E-state index contributed by atoms with van der Waals surface area (Å²) >= 11 is 1.41. The Kier molecular flexibility index (Phi) is 5.58. The predicted octanol–water partition coefficient (Wildman–Crippen LogP) is 3.41. The van der Waals surface area contributed by atoms with E-state index in [1.807, 2.05) is 18.5 Å². The number of rotatable bonds is 5. The Morgan fingerprint density at radius 2 is 1.94 bits per heavy atom. The molecule has 1 unspecified atom stereocenters. The largest absolute Gasteiger partial charge is 0.365 e. The summed E-state index contributed by atoms with van der Waals surface area (Å²) in [7, 11) is 0. The van der Waals surface area contributed by atoms with Crippen LogP contribution in [-0.4, -0.2) is 51.9 Å². The van der Waals surface area contributed by atoms with Gasteiger partial charge >= 0.3 is 0 Å². The van der Waals surface area contributed by atoms with Crippen molar-refractivity contribution in [2.45, 2.75) is 38.6 Å². The van der Waals surface area contributed by atoms with E-state index in [0.717, 1.165) is 72.4 Å². The summed E-state index contributed by atoms with van der Waals surface area (Å²) in [6.45, 7) is 7.09. The Hall–Kier alpha value is -2.58. The third kappa shape index (κ3) is 4.14. The average molecular weight is 437 g/mol. The molecule has 0 radical (unpaired) electrons. The van der Waals surface area contributed by atoms with E-state index in [9.17, 15) is 4.79 Å². The van der Waals surface area contributed by atoms with E-state index in [1.54, 1.807) is 6.20 Å². The number of primary amides is 1. The first-order valence-corrected chi connectivity index (χ1v) is 11.9. The number of thiophene rings is 1. The van der Waals surface area contributed by atoms with Gasteiger partial charge in [0.05, 0.1) is 4.88 Å². The Bertz CT molecular complexity index is 1070. The van der Waals surface area contributed by atoms with Crippen molar-refractivity contribution in [3.63, 3.8) is 0 Å². The zero-order valence-corrected chi connectivity index (χ0v) is 18.6. The van der Waals surface area contributed by atoms with Crippen LogP contribution in [0.15, 0.2) is 30.7 Å². The molecule has 0 spiro atoms. The van der Waals surface area contributed by atoms with E-state index < -0.39 is 0 Å². The standard InChI is InChI=1S/C23H28N6OS/c1-15-4-9-29(10-5-15)23-26-11-16(12-27-23)13-28-8-6-17(14-28)19-18-3-2-7-25-22(18)31-20(19)21(24)30/h2-3,7,11-12,15,17H,4-6,8-10,13-14H2,1H3,(H2,24,30). The van der Waals surface area contributed by atoms with Gasteiger partial charge in [0.1, 0.15) is 4.83 Å². The highest BCUT2D eigenvalue weighted by Gasteiger charge is 2.30. The summed E-state index contributed by atoms with van der Waals surface area (Å²) in [6, 6.07) is 3.98. The first kappa shape index (κ1) is 20.3. The van der Waals surface area contributed by atoms with Crippen LogP contribution in [-0.2, 0) is 6.54 Å². The lowest BCUT2D eigenvalue weighted by atomic mass is 9.95. The fourth-order valence-corrected chi connectivity index (χ4v) is 5.89. The summed E-state index contributed by atoms with van der Waals surface area (Å²) in [4.78, 5) is 32.0. The van der Waals surface area contributed by atoms with Crippen LogP contribution in [0.5, 0.6) is 0 Å². The van der Waals surface area contributed by atoms with Crippen LogP contribution in [0.1, 0.15) is 52.9 Å². The quantitative estimate of drug-likeness (QED) is 0.659. The molecule has 5 rings (SSSR count). The molecule has 162 valence electrons. The molecule has 2 saturated heterocycles. The van der Waals surface area contributed by atoms with Crippen LogP contribution in [0.4, 0.5) is 5.95 Å². The zero-order valence-electron chi connectivity index (χ0n) is 17.8. The number of likely N-dealkylation sites (tertiary alicyclic amines) is 1. The van der Waals surface area contributed by atoms with Crippen LogP contribution in [0, 0.1) is 5.92 Å². The first-order chi connectivity index (χ1) is 15.1. The third-order valence-corrected chi connectivity index (χ3v) is 7.72. The lowest BCUT2D eigenvalue weighted by Gasteiger charge is -2.30. The fourth-order valence-electron chi connectivity index (χ4n) is 4.81. The number of hydrogen-bond donors (Lipinski definition) is 1. The molecular formula is C23H28N6OS. The van der Waals surface area contributed by atoms with Gasteiger partial charge in [-0.1, -0.05) is 13.0 Å². The maximum absolute atomic E-state index is 12.1. The number of fused-ring (bicyclic) bond motifs is 1. The van der Waals surface area contributed by atoms with Crippen molar-refractivity contribution in [1.82, 2.24) is 19.9 Å². The van der Waals surface area contributed by atoms with E-state index in [4.69, 9.17) is 5.73 Å². The third-order valence-electron chi connectivity index (χ3n) is 6.57. The molecule has 2 N–H and O–H groups in total. The van der Waals surface area contributed by atoms with E-state index in [0.29, 0.717) is 4.88 Å². The van der Waals surface area contributed by atoms with Crippen molar-refractivity contribution in [1.29, 1.82) is 0 Å². The summed E-state index contributed by atoms with van der Waals surface area (Å²) in [6.07, 6.45) is 9.12. The van der Waals surface area contributed by atoms with Gasteiger partial charge in [-0.3, -0.25) is 9.69 Å². The second-order valence-corrected chi connectivity index (χ2v) is 9.85. The molecule has 0 aliphatic carbocycles. The molecule has 0 saturated carbocycles. The number of anilines is 1. The predicted molar refractivity (Wildman–Crippen MR) is 123 cm³/mol. The number of amides is 1. The van der Waals surface area contributed by atoms with E-state index in [1.165, 1.54) is 24.2 Å². The minimum Gasteiger partial charge on any atom is -0.365 e. The van der Waals surface area contributed by atoms with Gasteiger partial charge in [0, 0.05) is 61.6 Å². The van der Waals surface area contributed by atoms with Crippen molar-refractivity contribution < 1.29 is 4.79 Å². The van der Waals surface area contributed by atoms with E-state index >= 15 is 0 Å². The molecule has 0 aromatic carbocycles. The number of carbonyl (C=O) groups excluding carboxylic acids is 1. The van der Waals surface area contributed by atoms with Gasteiger partial charge in [0.15, 0.2) is 0 Å². The van der Waals surface area contributed by atoms with Gasteiger partial charge in [-0.2, -0.15) is 0 Å². The second-order valence-electron chi connectivity index (χ2n) is 8.85. The van der Waals surface area contributed by atoms with Crippen LogP contribution in [0.2, 0.25) is 0 Å². The molecule has 1 amide bonds. The topological polar surface area (TPSA) is 88.2 Å². The van der Waals surface area contributed by atoms with Crippen molar-refractivity contribution >= 4 is 33.4 Å². The van der Waals surface area contributed by atoms with Crippen molar-refractivity contribution in [3.05, 3.63) is 46.7 Å². The van der Waals surface area contributed by atoms with Crippen molar-refractivity contribution in [3.8, 4) is 0 Å². The molecular weight excluding hydrogens is 408 g/mol. The SMILES string of the molecule is CC1CCN(c2ncc(CN3CCC(c4c(C(N)=O)sc5ncccc45)C3)cn2)CC1. The number of hydrogen-bond acceptors (Lipinski definition) is 7. The van der Waals surface area contributed by atoms with Crippen LogP contribution >= 0.6 is 11.3 Å². The molecule has 3 aromatic rings. The van der Waals surface area contributed by atoms with E-state index in [-0.39, 0.29) is 11.8 Å². The first-order valence-electron chi connectivity index (χ1n) is 11.0. The maximum Gasteiger partial charge on any atom is 0.259 e. The molecule has 1 atom stereocenters. The van der Waals surface area contributed by atoms with Crippen molar-refractivity contribution in [2.24, 2.45) is 11.7 Å². The van der Waals surface area contributed by atoms with Gasteiger partial charge in [-0.15, -0.1) is 11.3 Å². The molecule has 0 bridgehead atoms. The highest BCUT2D eigenvalue weighted by atomic mass is 32.1. The number of nitrogens with zero attached hydrogens (tertiary/aromatic N) is 5. The van der Waals surface area contributed by atoms with Crippen LogP contribution in [0.3, 0.4) is 0 Å². The van der Waals surface area contributed by atoms with Gasteiger partial charge in [0.25, 0.3) is 5.91 Å². The fraction of sp³-hybridized carbons (Fsp3) is 0.478. The molecule has 8 heteroatoms. The molecule has 7 nitrogen and oxygen atoms in total. The zero-order chi connectivity index (χ0) is 21.4. The summed E-state index contributed by atoms with van der Waals surface area (Å²) in [5, 5.41) is 1.07. The molecule has 2 fully saturated rings. The lowest BCUT2D eigenvalue weighted by molar-refractivity contribution is 0.100. The summed E-state index contributed by atoms with van der Waals surface area (Å²) in [5.74, 6) is 1.58. The van der Waals surface area contributed by atoms with E-state index in [2.05, 4.69) is 37.7 Å². The Morgan fingerprint density at radius 3 is 2.68 bits per heavy atom. The van der Waals surface area contributed by atoms with Gasteiger partial charge in [-0.05, 0) is 43.4 Å². The molecule has 5 heterocycles. The van der Waals surface area contributed by atoms with Crippen LogP contribution in [0.25, 0.3) is 10.2 Å². The minimum absolute atomic E-state index is 0.288. The van der Waals surface area contributed by atoms with Gasteiger partial charge < -0.3 is 10.6 Å². The number of pyridine rings is 1. The Labute approximate surface area is 186 Å². The van der Waals surface area contributed by atoms with Gasteiger partial charge in [-0.25, -0.2) is 15.0 Å². The lowest BCUT2D eigenvalue weighted by Crippen LogP contribution is -2.34. The normalized spacial score (nSPS) is 20.5. The number of nitrogens with two attached hydrogens (primary N) is 1. The van der Waals surface area contributed by atoms with Crippen molar-refractivity contribution in [2.75, 3.05) is 31.1 Å². The Balaban J connectivity index is 1.27. The molecule has 3 aromatic heterocycles. The second kappa shape index (κ2) is 8.51.